The van der Waals surface area contributed by atoms with Gasteiger partial charge in [0.15, 0.2) is 0 Å². The number of aromatic amines is 1. The molecule has 0 bridgehead atoms. The summed E-state index contributed by atoms with van der Waals surface area (Å²) in [7, 11) is -3.31. The van der Waals surface area contributed by atoms with E-state index >= 15 is 0 Å². The van der Waals surface area contributed by atoms with Crippen LogP contribution in [-0.4, -0.2) is 19.9 Å². The van der Waals surface area contributed by atoms with Crippen molar-refractivity contribution in [3.8, 4) is 0 Å². The molecule has 1 unspecified atom stereocenters. The van der Waals surface area contributed by atoms with E-state index in [4.69, 9.17) is 0 Å². The Labute approximate surface area is 120 Å². The summed E-state index contributed by atoms with van der Waals surface area (Å²) >= 11 is 0. The number of nitrogens with one attached hydrogen (secondary N) is 2. The van der Waals surface area contributed by atoms with Crippen LogP contribution in [0.5, 0.6) is 0 Å². The highest BCUT2D eigenvalue weighted by molar-refractivity contribution is 7.89. The number of aromatic nitrogens is 1. The van der Waals surface area contributed by atoms with Gasteiger partial charge in [0, 0.05) is 18.3 Å². The smallest absolute Gasteiger partial charge is 0.218 e. The van der Waals surface area contributed by atoms with E-state index in [-0.39, 0.29) is 0 Å². The minimum absolute atomic E-state index is 0.521. The van der Waals surface area contributed by atoms with E-state index in [1.807, 2.05) is 30.5 Å². The summed E-state index contributed by atoms with van der Waals surface area (Å²) in [4.78, 5) is 3.11. The van der Waals surface area contributed by atoms with Gasteiger partial charge in [-0.3, -0.25) is 0 Å². The van der Waals surface area contributed by atoms with Gasteiger partial charge in [-0.25, -0.2) is 13.1 Å². The van der Waals surface area contributed by atoms with Gasteiger partial charge in [0.2, 0.25) is 10.0 Å². The summed E-state index contributed by atoms with van der Waals surface area (Å²) < 4.78 is 27.2. The normalized spacial score (nSPS) is 13.7. The summed E-state index contributed by atoms with van der Waals surface area (Å²) in [5, 5.41) is 0.499. The van der Waals surface area contributed by atoms with Gasteiger partial charge in [-0.1, -0.05) is 25.8 Å². The van der Waals surface area contributed by atoms with Crippen LogP contribution >= 0.6 is 0 Å². The van der Waals surface area contributed by atoms with Crippen molar-refractivity contribution in [2.45, 2.75) is 38.4 Å². The van der Waals surface area contributed by atoms with Crippen LogP contribution in [0.4, 0.5) is 0 Å². The summed E-state index contributed by atoms with van der Waals surface area (Å²) in [6, 6.07) is 7.68. The number of H-pyrrole nitrogens is 1. The lowest BCUT2D eigenvalue weighted by Crippen LogP contribution is -2.28. The van der Waals surface area contributed by atoms with Crippen LogP contribution in [0.2, 0.25) is 0 Å². The zero-order chi connectivity index (χ0) is 14.6. The Bertz CT molecular complexity index is 661. The lowest BCUT2D eigenvalue weighted by molar-refractivity contribution is 0.566. The monoisotopic (exact) mass is 294 g/mol. The molecule has 2 aromatic rings. The van der Waals surface area contributed by atoms with Gasteiger partial charge in [-0.2, -0.15) is 0 Å². The quantitative estimate of drug-likeness (QED) is 0.769. The molecule has 1 aromatic heterocycles. The van der Waals surface area contributed by atoms with Gasteiger partial charge < -0.3 is 4.98 Å². The Hall–Kier alpha value is -1.33. The van der Waals surface area contributed by atoms with Crippen molar-refractivity contribution < 1.29 is 8.42 Å². The van der Waals surface area contributed by atoms with Crippen molar-refractivity contribution in [3.63, 3.8) is 0 Å². The molecule has 0 aliphatic rings. The standard InChI is InChI=1S/C15H22N2O2S/c1-3-4-5-9-17-20(18,19)12(2)13-6-7-15-14(11-13)8-10-16-15/h6-8,10-12,16-17H,3-5,9H2,1-2H3. The number of hydrogen-bond acceptors (Lipinski definition) is 2. The molecule has 1 atom stereocenters. The second-order valence-corrected chi connectivity index (χ2v) is 7.20. The number of fused-ring (bicyclic) bond motifs is 1. The first-order valence-corrected chi connectivity index (χ1v) is 8.64. The van der Waals surface area contributed by atoms with Crippen LogP contribution in [0.25, 0.3) is 10.9 Å². The van der Waals surface area contributed by atoms with Crippen LogP contribution in [0.15, 0.2) is 30.5 Å². The fourth-order valence-corrected chi connectivity index (χ4v) is 3.40. The first-order chi connectivity index (χ1) is 9.54. The van der Waals surface area contributed by atoms with E-state index in [0.29, 0.717) is 6.54 Å². The second-order valence-electron chi connectivity index (χ2n) is 5.11. The maximum absolute atomic E-state index is 12.2. The van der Waals surface area contributed by atoms with Gasteiger partial charge in [0.25, 0.3) is 0 Å². The predicted molar refractivity (Wildman–Crippen MR) is 83.2 cm³/mol. The lowest BCUT2D eigenvalue weighted by Gasteiger charge is -2.14. The van der Waals surface area contributed by atoms with Gasteiger partial charge in [-0.15, -0.1) is 0 Å². The Morgan fingerprint density at radius 1 is 1.25 bits per heavy atom. The van der Waals surface area contributed by atoms with Crippen LogP contribution in [-0.2, 0) is 10.0 Å². The molecule has 2 N–H and O–H groups in total. The van der Waals surface area contributed by atoms with Gasteiger partial charge in [-0.05, 0) is 42.5 Å². The first kappa shape index (κ1) is 15.1. The number of unbranched alkanes of at least 4 members (excludes halogenated alkanes) is 2. The number of rotatable bonds is 7. The van der Waals surface area contributed by atoms with Crippen molar-refractivity contribution in [1.82, 2.24) is 9.71 Å². The van der Waals surface area contributed by atoms with Crippen LogP contribution < -0.4 is 4.72 Å². The second kappa shape index (κ2) is 6.41. The molecule has 0 spiro atoms. The Balaban J connectivity index is 2.10. The molecule has 4 nitrogen and oxygen atoms in total. The molecule has 0 aliphatic carbocycles. The molecule has 0 fully saturated rings. The predicted octanol–water partition coefficient (Wildman–Crippen LogP) is 3.34. The Morgan fingerprint density at radius 3 is 2.80 bits per heavy atom. The number of benzene rings is 1. The highest BCUT2D eigenvalue weighted by Crippen LogP contribution is 2.24. The van der Waals surface area contributed by atoms with Gasteiger partial charge in [0.05, 0.1) is 5.25 Å². The lowest BCUT2D eigenvalue weighted by atomic mass is 10.1. The fraction of sp³-hybridized carbons (Fsp3) is 0.467. The van der Waals surface area contributed by atoms with Crippen molar-refractivity contribution >= 4 is 20.9 Å². The van der Waals surface area contributed by atoms with E-state index in [0.717, 1.165) is 35.7 Å². The molecule has 0 amide bonds. The third-order valence-electron chi connectivity index (χ3n) is 3.60. The summed E-state index contributed by atoms with van der Waals surface area (Å²) in [6.45, 7) is 4.35. The molecular formula is C15H22N2O2S. The van der Waals surface area contributed by atoms with E-state index in [1.165, 1.54) is 0 Å². The molecule has 1 aromatic carbocycles. The molecular weight excluding hydrogens is 272 g/mol. The van der Waals surface area contributed by atoms with E-state index in [9.17, 15) is 8.42 Å². The van der Waals surface area contributed by atoms with Crippen molar-refractivity contribution in [2.24, 2.45) is 0 Å². The average Bonchev–Trinajstić information content (AvgIpc) is 2.90. The molecule has 2 rings (SSSR count). The summed E-state index contributed by atoms with van der Waals surface area (Å²) in [6.07, 6.45) is 4.88. The zero-order valence-corrected chi connectivity index (χ0v) is 12.8. The fourth-order valence-electron chi connectivity index (χ4n) is 2.22. The molecule has 0 radical (unpaired) electrons. The number of sulfonamides is 1. The van der Waals surface area contributed by atoms with Crippen molar-refractivity contribution in [3.05, 3.63) is 36.0 Å². The zero-order valence-electron chi connectivity index (χ0n) is 12.0. The van der Waals surface area contributed by atoms with Gasteiger partial charge >= 0.3 is 0 Å². The van der Waals surface area contributed by atoms with E-state index in [1.54, 1.807) is 6.92 Å². The minimum atomic E-state index is -3.31. The Morgan fingerprint density at radius 2 is 2.05 bits per heavy atom. The molecule has 110 valence electrons. The van der Waals surface area contributed by atoms with Crippen LogP contribution in [0.1, 0.15) is 43.9 Å². The van der Waals surface area contributed by atoms with Crippen LogP contribution in [0, 0.1) is 0 Å². The van der Waals surface area contributed by atoms with E-state index in [2.05, 4.69) is 16.6 Å². The maximum atomic E-state index is 12.2. The van der Waals surface area contributed by atoms with Gasteiger partial charge in [0.1, 0.15) is 0 Å². The molecule has 5 heteroatoms. The number of hydrogen-bond donors (Lipinski definition) is 2. The average molecular weight is 294 g/mol. The van der Waals surface area contributed by atoms with Crippen LogP contribution in [0.3, 0.4) is 0 Å². The largest absolute Gasteiger partial charge is 0.361 e. The highest BCUT2D eigenvalue weighted by atomic mass is 32.2. The molecule has 20 heavy (non-hydrogen) atoms. The molecule has 0 saturated carbocycles. The molecule has 1 heterocycles. The maximum Gasteiger partial charge on any atom is 0.218 e. The third-order valence-corrected chi connectivity index (χ3v) is 5.41. The first-order valence-electron chi connectivity index (χ1n) is 7.10. The molecule has 0 aliphatic heterocycles. The molecule has 0 saturated heterocycles. The third kappa shape index (κ3) is 3.41. The topological polar surface area (TPSA) is 62.0 Å². The minimum Gasteiger partial charge on any atom is -0.361 e. The SMILES string of the molecule is CCCCCNS(=O)(=O)C(C)c1ccc2[nH]ccc2c1. The highest BCUT2D eigenvalue weighted by Gasteiger charge is 2.22. The summed E-state index contributed by atoms with van der Waals surface area (Å²) in [5.41, 5.74) is 1.84. The summed E-state index contributed by atoms with van der Waals surface area (Å²) in [5.74, 6) is 0. The van der Waals surface area contributed by atoms with E-state index < -0.39 is 15.3 Å². The van der Waals surface area contributed by atoms with Crippen molar-refractivity contribution in [2.75, 3.05) is 6.54 Å². The Kier molecular flexibility index (Phi) is 4.83. The van der Waals surface area contributed by atoms with Crippen molar-refractivity contribution in [1.29, 1.82) is 0 Å².